The number of Topliss-reactive ketones (excluding diaryl/α,β-unsaturated/α-hetero) is 1. The molecule has 0 bridgehead atoms. The summed E-state index contributed by atoms with van der Waals surface area (Å²) in [4.78, 5) is 26.5. The van der Waals surface area contributed by atoms with Gasteiger partial charge in [0.25, 0.3) is 0 Å². The normalized spacial score (nSPS) is 11.6. The number of pyridine rings is 1. The Bertz CT molecular complexity index is 421. The van der Waals surface area contributed by atoms with Gasteiger partial charge in [-0.3, -0.25) is 9.78 Å². The molecular weight excluding hydrogens is 206 g/mol. The summed E-state index contributed by atoms with van der Waals surface area (Å²) in [5.41, 5.74) is 0.239. The Hall–Kier alpha value is -1.97. The SMILES string of the molecule is CC(C)C(=O)/C(=C/c1ccccn1)C(=O)O. The molecule has 4 heteroatoms. The van der Waals surface area contributed by atoms with E-state index < -0.39 is 11.8 Å². The van der Waals surface area contributed by atoms with Crippen LogP contribution in [0.1, 0.15) is 19.5 Å². The van der Waals surface area contributed by atoms with Crippen LogP contribution in [0, 0.1) is 5.92 Å². The Labute approximate surface area is 93.6 Å². The van der Waals surface area contributed by atoms with E-state index in [1.807, 2.05) is 0 Å². The predicted octanol–water partition coefficient (Wildman–Crippen LogP) is 1.77. The van der Waals surface area contributed by atoms with Crippen LogP contribution in [0.2, 0.25) is 0 Å². The van der Waals surface area contributed by atoms with Crippen LogP contribution in [0.15, 0.2) is 30.0 Å². The first kappa shape index (κ1) is 12.1. The number of rotatable bonds is 4. The van der Waals surface area contributed by atoms with E-state index in [4.69, 9.17) is 5.11 Å². The number of carbonyl (C=O) groups excluding carboxylic acids is 1. The summed E-state index contributed by atoms with van der Waals surface area (Å²) in [5.74, 6) is -1.95. The topological polar surface area (TPSA) is 67.3 Å². The van der Waals surface area contributed by atoms with E-state index in [-0.39, 0.29) is 11.5 Å². The molecule has 84 valence electrons. The van der Waals surface area contributed by atoms with Gasteiger partial charge in [0.2, 0.25) is 0 Å². The number of nitrogens with zero attached hydrogens (tertiary/aromatic N) is 1. The number of carboxylic acids is 1. The van der Waals surface area contributed by atoms with Gasteiger partial charge in [-0.05, 0) is 18.2 Å². The molecular formula is C12H13NO3. The van der Waals surface area contributed by atoms with Crippen LogP contribution in [0.25, 0.3) is 6.08 Å². The third kappa shape index (κ3) is 3.02. The number of carboxylic acid groups (broad SMARTS) is 1. The lowest BCUT2D eigenvalue weighted by Gasteiger charge is -2.04. The molecule has 0 saturated heterocycles. The standard InChI is InChI=1S/C12H13NO3/c1-8(2)11(14)10(12(15)16)7-9-5-3-4-6-13-9/h3-8H,1-2H3,(H,15,16)/b10-7-. The van der Waals surface area contributed by atoms with Crippen molar-refractivity contribution < 1.29 is 14.7 Å². The lowest BCUT2D eigenvalue weighted by atomic mass is 10.0. The van der Waals surface area contributed by atoms with Gasteiger partial charge >= 0.3 is 5.97 Å². The van der Waals surface area contributed by atoms with Gasteiger partial charge in [-0.2, -0.15) is 0 Å². The number of hydrogen-bond donors (Lipinski definition) is 1. The highest BCUT2D eigenvalue weighted by Gasteiger charge is 2.20. The van der Waals surface area contributed by atoms with Crippen molar-refractivity contribution in [2.45, 2.75) is 13.8 Å². The second-order valence-electron chi connectivity index (χ2n) is 3.64. The third-order valence-electron chi connectivity index (χ3n) is 2.00. The molecule has 0 radical (unpaired) electrons. The maximum absolute atomic E-state index is 11.6. The van der Waals surface area contributed by atoms with Crippen LogP contribution in [-0.2, 0) is 9.59 Å². The summed E-state index contributed by atoms with van der Waals surface area (Å²) in [6.45, 7) is 3.33. The Morgan fingerprint density at radius 3 is 2.50 bits per heavy atom. The summed E-state index contributed by atoms with van der Waals surface area (Å²) < 4.78 is 0. The van der Waals surface area contributed by atoms with E-state index in [9.17, 15) is 9.59 Å². The number of aliphatic carboxylic acids is 1. The van der Waals surface area contributed by atoms with Crippen molar-refractivity contribution in [3.8, 4) is 0 Å². The first-order chi connectivity index (χ1) is 7.52. The fourth-order valence-corrected chi connectivity index (χ4v) is 1.16. The molecule has 0 aliphatic rings. The highest BCUT2D eigenvalue weighted by atomic mass is 16.4. The van der Waals surface area contributed by atoms with Crippen molar-refractivity contribution in [1.82, 2.24) is 4.98 Å². The van der Waals surface area contributed by atoms with Gasteiger partial charge in [0.1, 0.15) is 5.57 Å². The van der Waals surface area contributed by atoms with Gasteiger partial charge in [-0.25, -0.2) is 4.79 Å². The smallest absolute Gasteiger partial charge is 0.339 e. The Morgan fingerprint density at radius 2 is 2.06 bits per heavy atom. The van der Waals surface area contributed by atoms with E-state index in [0.29, 0.717) is 5.69 Å². The molecule has 1 heterocycles. The van der Waals surface area contributed by atoms with Crippen LogP contribution in [0.5, 0.6) is 0 Å². The summed E-state index contributed by atoms with van der Waals surface area (Å²) in [6, 6.07) is 5.11. The first-order valence-electron chi connectivity index (χ1n) is 4.92. The Kier molecular flexibility index (Phi) is 3.94. The maximum atomic E-state index is 11.6. The summed E-state index contributed by atoms with van der Waals surface area (Å²) in [6.07, 6.45) is 2.84. The van der Waals surface area contributed by atoms with Crippen molar-refractivity contribution in [3.63, 3.8) is 0 Å². The lowest BCUT2D eigenvalue weighted by molar-refractivity contribution is -0.135. The molecule has 0 aliphatic carbocycles. The number of carbonyl (C=O) groups is 2. The fourth-order valence-electron chi connectivity index (χ4n) is 1.16. The van der Waals surface area contributed by atoms with Gasteiger partial charge in [0.05, 0.1) is 5.69 Å². The van der Waals surface area contributed by atoms with E-state index in [2.05, 4.69) is 4.98 Å². The van der Waals surface area contributed by atoms with E-state index in [1.165, 1.54) is 6.08 Å². The van der Waals surface area contributed by atoms with Crippen LogP contribution < -0.4 is 0 Å². The second-order valence-corrected chi connectivity index (χ2v) is 3.64. The molecule has 16 heavy (non-hydrogen) atoms. The Balaban J connectivity index is 3.09. The minimum Gasteiger partial charge on any atom is -0.478 e. The van der Waals surface area contributed by atoms with E-state index in [0.717, 1.165) is 0 Å². The van der Waals surface area contributed by atoms with Gasteiger partial charge in [0.15, 0.2) is 5.78 Å². The zero-order valence-corrected chi connectivity index (χ0v) is 9.18. The van der Waals surface area contributed by atoms with Gasteiger partial charge in [-0.1, -0.05) is 19.9 Å². The molecule has 1 aromatic heterocycles. The molecule has 4 nitrogen and oxygen atoms in total. The quantitative estimate of drug-likeness (QED) is 0.476. The highest BCUT2D eigenvalue weighted by Crippen LogP contribution is 2.10. The monoisotopic (exact) mass is 219 g/mol. The number of hydrogen-bond acceptors (Lipinski definition) is 3. The molecule has 0 atom stereocenters. The molecule has 0 aliphatic heterocycles. The fraction of sp³-hybridized carbons (Fsp3) is 0.250. The van der Waals surface area contributed by atoms with Crippen LogP contribution >= 0.6 is 0 Å². The van der Waals surface area contributed by atoms with Gasteiger partial charge in [-0.15, -0.1) is 0 Å². The highest BCUT2D eigenvalue weighted by molar-refractivity contribution is 6.20. The molecule has 0 spiro atoms. The van der Waals surface area contributed by atoms with Crippen LogP contribution in [0.4, 0.5) is 0 Å². The van der Waals surface area contributed by atoms with Crippen molar-refractivity contribution in [2.75, 3.05) is 0 Å². The average molecular weight is 219 g/mol. The summed E-state index contributed by atoms with van der Waals surface area (Å²) in [7, 11) is 0. The lowest BCUT2D eigenvalue weighted by Crippen LogP contribution is -2.17. The minimum absolute atomic E-state index is 0.228. The molecule has 0 unspecified atom stereocenters. The predicted molar refractivity (Wildman–Crippen MR) is 59.7 cm³/mol. The molecule has 1 aromatic rings. The maximum Gasteiger partial charge on any atom is 0.339 e. The van der Waals surface area contributed by atoms with Crippen molar-refractivity contribution >= 4 is 17.8 Å². The van der Waals surface area contributed by atoms with Gasteiger partial charge < -0.3 is 5.11 Å². The summed E-state index contributed by atoms with van der Waals surface area (Å²) >= 11 is 0. The van der Waals surface area contributed by atoms with Crippen molar-refractivity contribution in [1.29, 1.82) is 0 Å². The molecule has 1 N–H and O–H groups in total. The van der Waals surface area contributed by atoms with Crippen LogP contribution in [-0.4, -0.2) is 21.8 Å². The largest absolute Gasteiger partial charge is 0.478 e. The van der Waals surface area contributed by atoms with E-state index >= 15 is 0 Å². The molecule has 0 aromatic carbocycles. The molecule has 0 fully saturated rings. The second kappa shape index (κ2) is 5.21. The van der Waals surface area contributed by atoms with E-state index in [1.54, 1.807) is 38.2 Å². The molecule has 1 rings (SSSR count). The third-order valence-corrected chi connectivity index (χ3v) is 2.00. The van der Waals surface area contributed by atoms with Crippen molar-refractivity contribution in [2.24, 2.45) is 5.92 Å². The first-order valence-corrected chi connectivity index (χ1v) is 4.92. The Morgan fingerprint density at radius 1 is 1.38 bits per heavy atom. The van der Waals surface area contributed by atoms with Crippen molar-refractivity contribution in [3.05, 3.63) is 35.7 Å². The molecule has 0 amide bonds. The zero-order chi connectivity index (χ0) is 12.1. The zero-order valence-electron chi connectivity index (χ0n) is 9.18. The number of ketones is 1. The minimum atomic E-state index is -1.22. The van der Waals surface area contributed by atoms with Crippen LogP contribution in [0.3, 0.4) is 0 Å². The number of aromatic nitrogens is 1. The van der Waals surface area contributed by atoms with Gasteiger partial charge in [0, 0.05) is 12.1 Å². The molecule has 0 saturated carbocycles. The average Bonchev–Trinajstić information content (AvgIpc) is 2.26. The summed E-state index contributed by atoms with van der Waals surface area (Å²) in [5, 5.41) is 8.94.